The number of rotatable bonds is 7. The second-order valence-electron chi connectivity index (χ2n) is 5.56. The number of hydrogen-bond acceptors (Lipinski definition) is 3. The normalized spacial score (nSPS) is 13.1. The zero-order valence-electron chi connectivity index (χ0n) is 12.2. The van der Waals surface area contributed by atoms with Gasteiger partial charge in [-0.25, -0.2) is 4.98 Å². The molecule has 1 aromatic heterocycles. The van der Waals surface area contributed by atoms with Gasteiger partial charge in [-0.3, -0.25) is 0 Å². The molecule has 18 heavy (non-hydrogen) atoms. The van der Waals surface area contributed by atoms with Crippen LogP contribution in [-0.4, -0.2) is 17.1 Å². The molecule has 0 aliphatic rings. The maximum absolute atomic E-state index is 5.83. The van der Waals surface area contributed by atoms with Gasteiger partial charge in [0.15, 0.2) is 0 Å². The largest absolute Gasteiger partial charge is 0.475 e. The Morgan fingerprint density at radius 2 is 1.89 bits per heavy atom. The van der Waals surface area contributed by atoms with Gasteiger partial charge in [0.25, 0.3) is 0 Å². The van der Waals surface area contributed by atoms with E-state index in [2.05, 4.69) is 44.9 Å². The van der Waals surface area contributed by atoms with E-state index in [-0.39, 0.29) is 6.10 Å². The number of ether oxygens (including phenoxy) is 1. The molecule has 1 rings (SSSR count). The topological polar surface area (TPSA) is 34.1 Å². The Morgan fingerprint density at radius 1 is 1.17 bits per heavy atom. The number of pyridine rings is 1. The number of nitrogens with one attached hydrogen (secondary N) is 1. The van der Waals surface area contributed by atoms with Crippen molar-refractivity contribution in [2.45, 2.75) is 59.7 Å². The van der Waals surface area contributed by atoms with Crippen LogP contribution < -0.4 is 10.1 Å². The first-order chi connectivity index (χ1) is 8.47. The molecule has 1 heterocycles. The van der Waals surface area contributed by atoms with E-state index >= 15 is 0 Å². The van der Waals surface area contributed by atoms with Crippen molar-refractivity contribution in [3.8, 4) is 5.88 Å². The van der Waals surface area contributed by atoms with Gasteiger partial charge in [0, 0.05) is 18.7 Å². The summed E-state index contributed by atoms with van der Waals surface area (Å²) in [4.78, 5) is 4.51. The van der Waals surface area contributed by atoms with Crippen LogP contribution in [0, 0.1) is 5.92 Å². The number of hydrogen-bond donors (Lipinski definition) is 1. The maximum Gasteiger partial charge on any atom is 0.213 e. The van der Waals surface area contributed by atoms with Crippen molar-refractivity contribution in [1.29, 1.82) is 0 Å². The zero-order chi connectivity index (χ0) is 13.5. The Balaban J connectivity index is 2.53. The lowest BCUT2D eigenvalue weighted by atomic mass is 10.1. The minimum atomic E-state index is 0.214. The molecule has 1 atom stereocenters. The second-order valence-corrected chi connectivity index (χ2v) is 5.56. The Bertz CT molecular complexity index is 350. The highest BCUT2D eigenvalue weighted by Gasteiger charge is 2.08. The van der Waals surface area contributed by atoms with Crippen LogP contribution in [-0.2, 0) is 6.54 Å². The molecule has 102 valence electrons. The van der Waals surface area contributed by atoms with Gasteiger partial charge >= 0.3 is 0 Å². The molecule has 0 bridgehead atoms. The van der Waals surface area contributed by atoms with E-state index in [4.69, 9.17) is 4.74 Å². The smallest absolute Gasteiger partial charge is 0.213 e. The van der Waals surface area contributed by atoms with Crippen LogP contribution in [0.1, 0.15) is 46.7 Å². The summed E-state index contributed by atoms with van der Waals surface area (Å²) in [6.07, 6.45) is 1.27. The fraction of sp³-hybridized carbons (Fsp3) is 0.667. The lowest BCUT2D eigenvalue weighted by Crippen LogP contribution is -2.22. The van der Waals surface area contributed by atoms with E-state index in [1.54, 1.807) is 0 Å². The van der Waals surface area contributed by atoms with Crippen LogP contribution in [0.25, 0.3) is 0 Å². The van der Waals surface area contributed by atoms with E-state index < -0.39 is 0 Å². The van der Waals surface area contributed by atoms with E-state index in [1.165, 1.54) is 0 Å². The van der Waals surface area contributed by atoms with Crippen molar-refractivity contribution in [3.63, 3.8) is 0 Å². The van der Waals surface area contributed by atoms with E-state index in [0.29, 0.717) is 12.0 Å². The van der Waals surface area contributed by atoms with Gasteiger partial charge in [0.2, 0.25) is 5.88 Å². The Hall–Kier alpha value is -1.09. The van der Waals surface area contributed by atoms with Gasteiger partial charge in [0.05, 0.1) is 11.8 Å². The third-order valence-electron chi connectivity index (χ3n) is 2.60. The molecule has 1 aromatic rings. The van der Waals surface area contributed by atoms with Gasteiger partial charge in [-0.05, 0) is 25.3 Å². The SMILES string of the molecule is CC(C)CC(C)Oc1cccc(CNC(C)C)n1. The minimum absolute atomic E-state index is 0.214. The van der Waals surface area contributed by atoms with Crippen molar-refractivity contribution < 1.29 is 4.74 Å². The Labute approximate surface area is 111 Å². The van der Waals surface area contributed by atoms with Gasteiger partial charge in [-0.1, -0.05) is 33.8 Å². The molecular weight excluding hydrogens is 224 g/mol. The fourth-order valence-electron chi connectivity index (χ4n) is 1.85. The fourth-order valence-corrected chi connectivity index (χ4v) is 1.85. The quantitative estimate of drug-likeness (QED) is 0.805. The molecule has 0 aliphatic heterocycles. The molecule has 0 aromatic carbocycles. The second kappa shape index (κ2) is 7.37. The summed E-state index contributed by atoms with van der Waals surface area (Å²) in [5, 5.41) is 3.36. The van der Waals surface area contributed by atoms with Gasteiger partial charge in [-0.15, -0.1) is 0 Å². The highest BCUT2D eigenvalue weighted by molar-refractivity contribution is 5.16. The molecule has 3 heteroatoms. The standard InChI is InChI=1S/C15H26N2O/c1-11(2)9-13(5)18-15-8-6-7-14(17-15)10-16-12(3)4/h6-8,11-13,16H,9-10H2,1-5H3. The van der Waals surface area contributed by atoms with Crippen molar-refractivity contribution >= 4 is 0 Å². The Morgan fingerprint density at radius 3 is 2.50 bits per heavy atom. The van der Waals surface area contributed by atoms with Crippen LogP contribution in [0.4, 0.5) is 0 Å². The van der Waals surface area contributed by atoms with Crippen molar-refractivity contribution in [2.24, 2.45) is 5.92 Å². The molecule has 1 N–H and O–H groups in total. The average Bonchev–Trinajstić information content (AvgIpc) is 2.25. The maximum atomic E-state index is 5.83. The van der Waals surface area contributed by atoms with Crippen LogP contribution in [0.3, 0.4) is 0 Å². The summed E-state index contributed by atoms with van der Waals surface area (Å²) >= 11 is 0. The van der Waals surface area contributed by atoms with Crippen molar-refractivity contribution in [1.82, 2.24) is 10.3 Å². The first-order valence-electron chi connectivity index (χ1n) is 6.83. The molecule has 0 aliphatic carbocycles. The van der Waals surface area contributed by atoms with Gasteiger partial charge < -0.3 is 10.1 Å². The molecule has 0 radical (unpaired) electrons. The first-order valence-corrected chi connectivity index (χ1v) is 6.83. The molecular formula is C15H26N2O. The summed E-state index contributed by atoms with van der Waals surface area (Å²) in [6.45, 7) is 11.6. The van der Waals surface area contributed by atoms with Gasteiger partial charge in [0.1, 0.15) is 0 Å². The Kier molecular flexibility index (Phi) is 6.13. The summed E-state index contributed by atoms with van der Waals surface area (Å²) in [5.41, 5.74) is 1.03. The highest BCUT2D eigenvalue weighted by Crippen LogP contribution is 2.14. The van der Waals surface area contributed by atoms with E-state index in [1.807, 2.05) is 18.2 Å². The molecule has 0 amide bonds. The highest BCUT2D eigenvalue weighted by atomic mass is 16.5. The van der Waals surface area contributed by atoms with E-state index in [0.717, 1.165) is 24.5 Å². The summed E-state index contributed by atoms with van der Waals surface area (Å²) in [5.74, 6) is 1.37. The lowest BCUT2D eigenvalue weighted by molar-refractivity contribution is 0.185. The monoisotopic (exact) mass is 250 g/mol. The van der Waals surface area contributed by atoms with Crippen LogP contribution in [0.5, 0.6) is 5.88 Å². The van der Waals surface area contributed by atoms with E-state index in [9.17, 15) is 0 Å². The van der Waals surface area contributed by atoms with Crippen LogP contribution >= 0.6 is 0 Å². The molecule has 1 unspecified atom stereocenters. The summed E-state index contributed by atoms with van der Waals surface area (Å²) in [7, 11) is 0. The van der Waals surface area contributed by atoms with Crippen LogP contribution in [0.2, 0.25) is 0 Å². The minimum Gasteiger partial charge on any atom is -0.475 e. The van der Waals surface area contributed by atoms with Gasteiger partial charge in [-0.2, -0.15) is 0 Å². The van der Waals surface area contributed by atoms with Crippen LogP contribution in [0.15, 0.2) is 18.2 Å². The summed E-state index contributed by atoms with van der Waals surface area (Å²) < 4.78 is 5.83. The first kappa shape index (κ1) is 15.0. The molecule has 3 nitrogen and oxygen atoms in total. The molecule has 0 fully saturated rings. The van der Waals surface area contributed by atoms with Crippen molar-refractivity contribution in [3.05, 3.63) is 23.9 Å². The number of aromatic nitrogens is 1. The summed E-state index contributed by atoms with van der Waals surface area (Å²) in [6, 6.07) is 6.42. The third-order valence-corrected chi connectivity index (χ3v) is 2.60. The molecule has 0 spiro atoms. The average molecular weight is 250 g/mol. The molecule has 0 saturated heterocycles. The zero-order valence-corrected chi connectivity index (χ0v) is 12.2. The third kappa shape index (κ3) is 6.01. The molecule has 0 saturated carbocycles. The number of nitrogens with zero attached hydrogens (tertiary/aromatic N) is 1. The lowest BCUT2D eigenvalue weighted by Gasteiger charge is -2.16. The van der Waals surface area contributed by atoms with Crippen molar-refractivity contribution in [2.75, 3.05) is 0 Å². The predicted octanol–water partition coefficient (Wildman–Crippen LogP) is 3.39. The predicted molar refractivity (Wildman–Crippen MR) is 75.8 cm³/mol.